The van der Waals surface area contributed by atoms with Crippen LogP contribution in [0.4, 0.5) is 5.69 Å². The van der Waals surface area contributed by atoms with Gasteiger partial charge in [-0.25, -0.2) is 0 Å². The Morgan fingerprint density at radius 2 is 1.89 bits per heavy atom. The molecule has 2 aliphatic carbocycles. The van der Waals surface area contributed by atoms with E-state index >= 15 is 0 Å². The Morgan fingerprint density at radius 1 is 1.11 bits per heavy atom. The zero-order valence-electron chi connectivity index (χ0n) is 15.1. The summed E-state index contributed by atoms with van der Waals surface area (Å²) in [5.41, 5.74) is 1.77. The maximum atomic E-state index is 12.7. The number of nitrogens with one attached hydrogen (secondary N) is 1. The summed E-state index contributed by atoms with van der Waals surface area (Å²) in [5.74, 6) is 0.760. The summed E-state index contributed by atoms with van der Waals surface area (Å²) >= 11 is 0. The zero-order chi connectivity index (χ0) is 18.6. The van der Waals surface area contributed by atoms with Crippen LogP contribution in [0.2, 0.25) is 0 Å². The average molecular weight is 365 g/mol. The molecule has 0 saturated heterocycles. The van der Waals surface area contributed by atoms with Crippen LogP contribution >= 0.6 is 0 Å². The van der Waals surface area contributed by atoms with Crippen molar-refractivity contribution in [2.24, 2.45) is 5.92 Å². The molecular formula is C21H23N3O3. The van der Waals surface area contributed by atoms with Gasteiger partial charge in [-0.05, 0) is 55.5 Å². The number of anilines is 1. The third kappa shape index (κ3) is 4.84. The molecule has 2 fully saturated rings. The fraction of sp³-hybridized carbons (Fsp3) is 0.381. The van der Waals surface area contributed by atoms with Gasteiger partial charge in [-0.2, -0.15) is 0 Å². The van der Waals surface area contributed by atoms with Gasteiger partial charge >= 0.3 is 0 Å². The molecule has 1 aromatic heterocycles. The van der Waals surface area contributed by atoms with Crippen molar-refractivity contribution < 1.29 is 14.3 Å². The van der Waals surface area contributed by atoms with Crippen LogP contribution in [0.1, 0.15) is 31.2 Å². The standard InChI is InChI=1S/C21H23N3O3/c25-20(24(18-6-7-18)13-15-8-10-22-11-9-15)14-27-19-3-1-2-17(12-19)23-21(26)16-4-5-16/h1-3,8-12,16,18H,4-7,13-14H2,(H,23,26). The van der Waals surface area contributed by atoms with E-state index in [2.05, 4.69) is 10.3 Å². The number of hydrogen-bond acceptors (Lipinski definition) is 4. The fourth-order valence-corrected chi connectivity index (χ4v) is 2.97. The number of carbonyl (C=O) groups excluding carboxylic acids is 2. The molecule has 2 aliphatic rings. The molecule has 1 heterocycles. The molecule has 140 valence electrons. The lowest BCUT2D eigenvalue weighted by atomic mass is 10.2. The number of amides is 2. The molecule has 27 heavy (non-hydrogen) atoms. The summed E-state index contributed by atoms with van der Waals surface area (Å²) in [7, 11) is 0. The van der Waals surface area contributed by atoms with Crippen LogP contribution in [0.3, 0.4) is 0 Å². The van der Waals surface area contributed by atoms with Gasteiger partial charge in [-0.3, -0.25) is 14.6 Å². The van der Waals surface area contributed by atoms with Gasteiger partial charge in [0.2, 0.25) is 5.91 Å². The van der Waals surface area contributed by atoms with Crippen LogP contribution in [0, 0.1) is 5.92 Å². The van der Waals surface area contributed by atoms with Crippen LogP contribution in [-0.4, -0.2) is 34.3 Å². The average Bonchev–Trinajstić information content (AvgIpc) is 3.58. The Labute approximate surface area is 158 Å². The van der Waals surface area contributed by atoms with Crippen molar-refractivity contribution in [1.29, 1.82) is 0 Å². The molecule has 0 unspecified atom stereocenters. The van der Waals surface area contributed by atoms with Crippen molar-refractivity contribution in [1.82, 2.24) is 9.88 Å². The second-order valence-corrected chi connectivity index (χ2v) is 7.19. The number of ether oxygens (including phenoxy) is 1. The van der Waals surface area contributed by atoms with Crippen LogP contribution < -0.4 is 10.1 Å². The first-order valence-electron chi connectivity index (χ1n) is 9.41. The topological polar surface area (TPSA) is 71.5 Å². The van der Waals surface area contributed by atoms with Crippen molar-refractivity contribution in [3.05, 3.63) is 54.4 Å². The zero-order valence-corrected chi connectivity index (χ0v) is 15.1. The predicted octanol–water partition coefficient (Wildman–Crippen LogP) is 3.00. The van der Waals surface area contributed by atoms with E-state index in [0.717, 1.165) is 31.2 Å². The first-order valence-corrected chi connectivity index (χ1v) is 9.41. The molecule has 0 atom stereocenters. The van der Waals surface area contributed by atoms with Crippen molar-refractivity contribution in [2.45, 2.75) is 38.3 Å². The lowest BCUT2D eigenvalue weighted by molar-refractivity contribution is -0.134. The van der Waals surface area contributed by atoms with Crippen LogP contribution in [-0.2, 0) is 16.1 Å². The first-order chi connectivity index (χ1) is 13.2. The van der Waals surface area contributed by atoms with Gasteiger partial charge in [0.25, 0.3) is 5.91 Å². The number of aromatic nitrogens is 1. The quantitative estimate of drug-likeness (QED) is 0.781. The molecule has 1 N–H and O–H groups in total. The largest absolute Gasteiger partial charge is 0.484 e. The van der Waals surface area contributed by atoms with Crippen molar-refractivity contribution in [2.75, 3.05) is 11.9 Å². The van der Waals surface area contributed by atoms with Crippen molar-refractivity contribution >= 4 is 17.5 Å². The van der Waals surface area contributed by atoms with E-state index in [1.54, 1.807) is 24.5 Å². The van der Waals surface area contributed by atoms with E-state index in [0.29, 0.717) is 24.0 Å². The van der Waals surface area contributed by atoms with Gasteiger partial charge in [0.05, 0.1) is 0 Å². The molecule has 2 saturated carbocycles. The summed E-state index contributed by atoms with van der Waals surface area (Å²) in [6.45, 7) is 0.564. The SMILES string of the molecule is O=C(Nc1cccc(OCC(=O)N(Cc2ccncc2)C2CC2)c1)C1CC1. The second kappa shape index (κ2) is 7.78. The minimum Gasteiger partial charge on any atom is -0.484 e. The monoisotopic (exact) mass is 365 g/mol. The Hall–Kier alpha value is -2.89. The van der Waals surface area contributed by atoms with Crippen LogP contribution in [0.15, 0.2) is 48.8 Å². The van der Waals surface area contributed by atoms with Gasteiger partial charge in [-0.15, -0.1) is 0 Å². The summed E-state index contributed by atoms with van der Waals surface area (Å²) in [5, 5.41) is 2.90. The minimum absolute atomic E-state index is 0.0123. The first kappa shape index (κ1) is 17.5. The maximum absolute atomic E-state index is 12.7. The summed E-state index contributed by atoms with van der Waals surface area (Å²) in [6.07, 6.45) is 7.49. The maximum Gasteiger partial charge on any atom is 0.261 e. The minimum atomic E-state index is -0.0262. The number of hydrogen-bond donors (Lipinski definition) is 1. The van der Waals surface area contributed by atoms with E-state index in [4.69, 9.17) is 4.74 Å². The lowest BCUT2D eigenvalue weighted by Gasteiger charge is -2.22. The van der Waals surface area contributed by atoms with Gasteiger partial charge in [-0.1, -0.05) is 6.07 Å². The molecule has 1 aromatic carbocycles. The Balaban J connectivity index is 1.34. The van der Waals surface area contributed by atoms with Crippen molar-refractivity contribution in [3.8, 4) is 5.75 Å². The van der Waals surface area contributed by atoms with Gasteiger partial charge in [0, 0.05) is 42.7 Å². The Bertz CT molecular complexity index is 816. The number of carbonyl (C=O) groups is 2. The third-order valence-electron chi connectivity index (χ3n) is 4.82. The molecular weight excluding hydrogens is 342 g/mol. The number of pyridine rings is 1. The molecule has 0 radical (unpaired) electrons. The van der Waals surface area contributed by atoms with E-state index in [1.807, 2.05) is 29.2 Å². The number of rotatable bonds is 8. The van der Waals surface area contributed by atoms with Gasteiger partial charge in [0.15, 0.2) is 6.61 Å². The van der Waals surface area contributed by atoms with Crippen molar-refractivity contribution in [3.63, 3.8) is 0 Å². The summed E-state index contributed by atoms with van der Waals surface area (Å²) < 4.78 is 5.71. The predicted molar refractivity (Wildman–Crippen MR) is 101 cm³/mol. The summed E-state index contributed by atoms with van der Waals surface area (Å²) in [4.78, 5) is 30.5. The second-order valence-electron chi connectivity index (χ2n) is 7.19. The molecule has 4 rings (SSSR count). The molecule has 0 spiro atoms. The molecule has 6 heteroatoms. The highest BCUT2D eigenvalue weighted by molar-refractivity contribution is 5.94. The molecule has 2 amide bonds. The molecule has 6 nitrogen and oxygen atoms in total. The van der Waals surface area contributed by atoms with E-state index < -0.39 is 0 Å². The van der Waals surface area contributed by atoms with E-state index in [-0.39, 0.29) is 24.3 Å². The highest BCUT2D eigenvalue weighted by Gasteiger charge is 2.32. The van der Waals surface area contributed by atoms with Crippen LogP contribution in [0.25, 0.3) is 0 Å². The molecule has 0 bridgehead atoms. The highest BCUT2D eigenvalue weighted by atomic mass is 16.5. The smallest absolute Gasteiger partial charge is 0.261 e. The highest BCUT2D eigenvalue weighted by Crippen LogP contribution is 2.31. The molecule has 0 aliphatic heterocycles. The lowest BCUT2D eigenvalue weighted by Crippen LogP contribution is -2.36. The van der Waals surface area contributed by atoms with E-state index in [1.165, 1.54) is 0 Å². The normalized spacial score (nSPS) is 15.9. The Morgan fingerprint density at radius 3 is 2.59 bits per heavy atom. The van der Waals surface area contributed by atoms with Gasteiger partial charge < -0.3 is 15.0 Å². The fourth-order valence-electron chi connectivity index (χ4n) is 2.97. The number of benzene rings is 1. The summed E-state index contributed by atoms with van der Waals surface area (Å²) in [6, 6.07) is 11.4. The number of nitrogens with zero attached hydrogens (tertiary/aromatic N) is 2. The molecule has 2 aromatic rings. The Kier molecular flexibility index (Phi) is 5.05. The van der Waals surface area contributed by atoms with Gasteiger partial charge in [0.1, 0.15) is 5.75 Å². The third-order valence-corrected chi connectivity index (χ3v) is 4.82. The van der Waals surface area contributed by atoms with E-state index in [9.17, 15) is 9.59 Å². The van der Waals surface area contributed by atoms with Crippen LogP contribution in [0.5, 0.6) is 5.75 Å².